The van der Waals surface area contributed by atoms with E-state index in [1.54, 1.807) is 0 Å². The summed E-state index contributed by atoms with van der Waals surface area (Å²) < 4.78 is 0. The maximum absolute atomic E-state index is 12.7. The fourth-order valence-electron chi connectivity index (χ4n) is 4.00. The van der Waals surface area contributed by atoms with Crippen LogP contribution in [0.3, 0.4) is 0 Å². The Morgan fingerprint density at radius 2 is 1.67 bits per heavy atom. The van der Waals surface area contributed by atoms with Gasteiger partial charge in [0.05, 0.1) is 5.92 Å². The Morgan fingerprint density at radius 1 is 0.952 bits per heavy atom. The molecule has 5 heteroatoms. The second-order valence-corrected chi connectivity index (χ2v) is 6.87. The highest BCUT2D eigenvalue weighted by atomic mass is 16.2. The van der Waals surface area contributed by atoms with Gasteiger partial charge in [0.25, 0.3) is 0 Å². The van der Waals surface area contributed by atoms with E-state index >= 15 is 0 Å². The molecule has 0 bridgehead atoms. The van der Waals surface area contributed by atoms with Crippen molar-refractivity contribution in [2.75, 3.05) is 58.9 Å². The van der Waals surface area contributed by atoms with Gasteiger partial charge < -0.3 is 20.4 Å². The van der Waals surface area contributed by atoms with Gasteiger partial charge in [0.15, 0.2) is 0 Å². The summed E-state index contributed by atoms with van der Waals surface area (Å²) in [6.45, 7) is 9.42. The van der Waals surface area contributed by atoms with Gasteiger partial charge >= 0.3 is 0 Å². The van der Waals surface area contributed by atoms with Gasteiger partial charge in [-0.2, -0.15) is 0 Å². The molecule has 0 aromatic heterocycles. The van der Waals surface area contributed by atoms with Crippen molar-refractivity contribution in [2.24, 2.45) is 11.8 Å². The largest absolute Gasteiger partial charge is 0.340 e. The minimum Gasteiger partial charge on any atom is -0.340 e. The molecular formula is C16H30N4O. The quantitative estimate of drug-likeness (QED) is 0.777. The zero-order valence-corrected chi connectivity index (χ0v) is 13.1. The van der Waals surface area contributed by atoms with Crippen LogP contribution in [0.25, 0.3) is 0 Å². The Hall–Kier alpha value is -0.650. The summed E-state index contributed by atoms with van der Waals surface area (Å²) in [5, 5.41) is 6.76. The molecule has 0 saturated carbocycles. The van der Waals surface area contributed by atoms with Crippen LogP contribution in [-0.2, 0) is 4.79 Å². The van der Waals surface area contributed by atoms with E-state index in [2.05, 4.69) is 20.4 Å². The highest BCUT2D eigenvalue weighted by molar-refractivity contribution is 5.79. The lowest BCUT2D eigenvalue weighted by atomic mass is 9.93. The maximum Gasteiger partial charge on any atom is 0.227 e. The zero-order chi connectivity index (χ0) is 14.5. The van der Waals surface area contributed by atoms with Crippen molar-refractivity contribution in [3.63, 3.8) is 0 Å². The first kappa shape index (κ1) is 15.3. The molecule has 2 N–H and O–H groups in total. The molecule has 0 spiro atoms. The van der Waals surface area contributed by atoms with Crippen molar-refractivity contribution in [3.8, 4) is 0 Å². The van der Waals surface area contributed by atoms with Crippen LogP contribution in [-0.4, -0.2) is 74.6 Å². The smallest absolute Gasteiger partial charge is 0.227 e. The average Bonchev–Trinajstić information content (AvgIpc) is 2.56. The summed E-state index contributed by atoms with van der Waals surface area (Å²) in [7, 11) is 0. The fraction of sp³-hybridized carbons (Fsp3) is 0.938. The SMILES string of the molecule is O=C(C1CCCN(CC2CCNCC2)C1)N1CCNCC1. The van der Waals surface area contributed by atoms with Gasteiger partial charge in [-0.15, -0.1) is 0 Å². The summed E-state index contributed by atoms with van der Waals surface area (Å²) in [5.74, 6) is 1.49. The normalized spacial score (nSPS) is 29.5. The summed E-state index contributed by atoms with van der Waals surface area (Å²) >= 11 is 0. The molecule has 21 heavy (non-hydrogen) atoms. The van der Waals surface area contributed by atoms with Gasteiger partial charge in [-0.1, -0.05) is 0 Å². The number of amides is 1. The van der Waals surface area contributed by atoms with Crippen LogP contribution in [0.5, 0.6) is 0 Å². The van der Waals surface area contributed by atoms with Crippen molar-refractivity contribution in [3.05, 3.63) is 0 Å². The molecule has 3 aliphatic rings. The molecule has 3 rings (SSSR count). The number of carbonyl (C=O) groups excluding carboxylic acids is 1. The van der Waals surface area contributed by atoms with E-state index < -0.39 is 0 Å². The molecule has 5 nitrogen and oxygen atoms in total. The Morgan fingerprint density at radius 3 is 2.43 bits per heavy atom. The number of likely N-dealkylation sites (tertiary alicyclic amines) is 1. The molecule has 3 fully saturated rings. The van der Waals surface area contributed by atoms with E-state index in [1.165, 1.54) is 45.4 Å². The minimum absolute atomic E-state index is 0.249. The van der Waals surface area contributed by atoms with Gasteiger partial charge in [-0.3, -0.25) is 4.79 Å². The predicted octanol–water partition coefficient (Wildman–Crippen LogP) is 0.130. The number of hydrogen-bond acceptors (Lipinski definition) is 4. The number of nitrogens with zero attached hydrogens (tertiary/aromatic N) is 2. The Labute approximate surface area is 128 Å². The first-order valence-electron chi connectivity index (χ1n) is 8.75. The minimum atomic E-state index is 0.249. The third kappa shape index (κ3) is 4.18. The highest BCUT2D eigenvalue weighted by Crippen LogP contribution is 2.22. The molecule has 1 amide bonds. The van der Waals surface area contributed by atoms with Crippen LogP contribution in [0.1, 0.15) is 25.7 Å². The summed E-state index contributed by atoms with van der Waals surface area (Å²) in [5.41, 5.74) is 0. The van der Waals surface area contributed by atoms with Crippen LogP contribution in [0, 0.1) is 11.8 Å². The second kappa shape index (κ2) is 7.56. The highest BCUT2D eigenvalue weighted by Gasteiger charge is 2.30. The molecule has 120 valence electrons. The molecular weight excluding hydrogens is 264 g/mol. The summed E-state index contributed by atoms with van der Waals surface area (Å²) in [6.07, 6.45) is 4.87. The molecule has 0 aromatic rings. The third-order valence-corrected chi connectivity index (χ3v) is 5.26. The van der Waals surface area contributed by atoms with E-state index in [1.807, 2.05) is 0 Å². The van der Waals surface area contributed by atoms with Gasteiger partial charge in [-0.25, -0.2) is 0 Å². The van der Waals surface area contributed by atoms with Crippen molar-refractivity contribution >= 4 is 5.91 Å². The lowest BCUT2D eigenvalue weighted by Gasteiger charge is -2.38. The molecule has 0 radical (unpaired) electrons. The Balaban J connectivity index is 1.48. The molecule has 0 aliphatic carbocycles. The Bertz CT molecular complexity index is 337. The van der Waals surface area contributed by atoms with Gasteiger partial charge in [-0.05, 0) is 51.2 Å². The van der Waals surface area contributed by atoms with Crippen molar-refractivity contribution in [1.82, 2.24) is 20.4 Å². The van der Waals surface area contributed by atoms with Crippen molar-refractivity contribution in [1.29, 1.82) is 0 Å². The maximum atomic E-state index is 12.7. The van der Waals surface area contributed by atoms with Crippen LogP contribution < -0.4 is 10.6 Å². The number of carbonyl (C=O) groups is 1. The van der Waals surface area contributed by atoms with Crippen LogP contribution in [0.15, 0.2) is 0 Å². The average molecular weight is 294 g/mol. The van der Waals surface area contributed by atoms with Crippen LogP contribution >= 0.6 is 0 Å². The van der Waals surface area contributed by atoms with Gasteiger partial charge in [0.1, 0.15) is 0 Å². The number of nitrogens with one attached hydrogen (secondary N) is 2. The van der Waals surface area contributed by atoms with E-state index in [9.17, 15) is 4.79 Å². The number of hydrogen-bond donors (Lipinski definition) is 2. The van der Waals surface area contributed by atoms with E-state index in [0.717, 1.165) is 45.1 Å². The monoisotopic (exact) mass is 294 g/mol. The molecule has 3 heterocycles. The summed E-state index contributed by atoms with van der Waals surface area (Å²) in [6, 6.07) is 0. The molecule has 0 aromatic carbocycles. The molecule has 3 aliphatic heterocycles. The Kier molecular flexibility index (Phi) is 5.49. The van der Waals surface area contributed by atoms with Crippen LogP contribution in [0.2, 0.25) is 0 Å². The summed E-state index contributed by atoms with van der Waals surface area (Å²) in [4.78, 5) is 17.3. The number of piperidine rings is 2. The molecule has 1 atom stereocenters. The van der Waals surface area contributed by atoms with Gasteiger partial charge in [0.2, 0.25) is 5.91 Å². The zero-order valence-electron chi connectivity index (χ0n) is 13.1. The van der Waals surface area contributed by atoms with Crippen molar-refractivity contribution in [2.45, 2.75) is 25.7 Å². The molecule has 1 unspecified atom stereocenters. The lowest BCUT2D eigenvalue weighted by Crippen LogP contribution is -2.51. The standard InChI is InChI=1S/C16H30N4O/c21-16(20-10-7-18-8-11-20)15-2-1-9-19(13-15)12-14-3-5-17-6-4-14/h14-15,17-18H,1-13H2. The first-order chi connectivity index (χ1) is 10.3. The van der Waals surface area contributed by atoms with Gasteiger partial charge in [0, 0.05) is 39.3 Å². The fourth-order valence-corrected chi connectivity index (χ4v) is 4.00. The number of piperazine rings is 1. The predicted molar refractivity (Wildman–Crippen MR) is 84.2 cm³/mol. The molecule has 3 saturated heterocycles. The van der Waals surface area contributed by atoms with Crippen molar-refractivity contribution < 1.29 is 4.79 Å². The van der Waals surface area contributed by atoms with E-state index in [4.69, 9.17) is 0 Å². The first-order valence-corrected chi connectivity index (χ1v) is 8.75. The lowest BCUT2D eigenvalue weighted by molar-refractivity contribution is -0.138. The van der Waals surface area contributed by atoms with E-state index in [-0.39, 0.29) is 5.92 Å². The second-order valence-electron chi connectivity index (χ2n) is 6.87. The topological polar surface area (TPSA) is 47.6 Å². The number of rotatable bonds is 3. The third-order valence-electron chi connectivity index (χ3n) is 5.26. The van der Waals surface area contributed by atoms with Crippen LogP contribution in [0.4, 0.5) is 0 Å². The van der Waals surface area contributed by atoms with E-state index in [0.29, 0.717) is 5.91 Å².